The molecule has 0 aliphatic carbocycles. The molecule has 4 rings (SSSR count). The summed E-state index contributed by atoms with van der Waals surface area (Å²) in [6.07, 6.45) is 4.77. The SMILES string of the molecule is CNCC1CCN(c2ccc(Cl)cc2NC(=O)Oc2csc3cncnc23)CC1. The van der Waals surface area contributed by atoms with E-state index >= 15 is 0 Å². The number of amides is 1. The minimum absolute atomic E-state index is 0.418. The Hall–Kier alpha value is -2.42. The zero-order chi connectivity index (χ0) is 20.2. The summed E-state index contributed by atoms with van der Waals surface area (Å²) >= 11 is 7.62. The molecule has 0 unspecified atom stereocenters. The van der Waals surface area contributed by atoms with Gasteiger partial charge in [-0.15, -0.1) is 11.3 Å². The Labute approximate surface area is 178 Å². The summed E-state index contributed by atoms with van der Waals surface area (Å²) < 4.78 is 6.37. The molecule has 0 spiro atoms. The van der Waals surface area contributed by atoms with Gasteiger partial charge < -0.3 is 15.0 Å². The van der Waals surface area contributed by atoms with Crippen molar-refractivity contribution < 1.29 is 9.53 Å². The average Bonchev–Trinajstić information content (AvgIpc) is 3.12. The van der Waals surface area contributed by atoms with Crippen LogP contribution in [0.15, 0.2) is 36.1 Å². The highest BCUT2D eigenvalue weighted by Gasteiger charge is 2.22. The van der Waals surface area contributed by atoms with Crippen molar-refractivity contribution in [2.75, 3.05) is 36.9 Å². The Balaban J connectivity index is 1.48. The van der Waals surface area contributed by atoms with Gasteiger partial charge in [0.25, 0.3) is 0 Å². The quantitative estimate of drug-likeness (QED) is 0.623. The maximum atomic E-state index is 12.6. The van der Waals surface area contributed by atoms with Gasteiger partial charge in [-0.3, -0.25) is 5.32 Å². The molecule has 1 aliphatic rings. The van der Waals surface area contributed by atoms with Gasteiger partial charge in [0, 0.05) is 29.7 Å². The van der Waals surface area contributed by atoms with Gasteiger partial charge in [0.2, 0.25) is 0 Å². The number of benzene rings is 1. The van der Waals surface area contributed by atoms with Crippen LogP contribution in [0.2, 0.25) is 5.02 Å². The number of hydrogen-bond acceptors (Lipinski definition) is 7. The lowest BCUT2D eigenvalue weighted by Crippen LogP contribution is -2.37. The Morgan fingerprint density at radius 2 is 2.21 bits per heavy atom. The number of nitrogens with zero attached hydrogens (tertiary/aromatic N) is 3. The topological polar surface area (TPSA) is 79.4 Å². The largest absolute Gasteiger partial charge is 0.417 e. The van der Waals surface area contributed by atoms with Gasteiger partial charge in [-0.1, -0.05) is 11.6 Å². The Kier molecular flexibility index (Phi) is 6.13. The molecule has 0 radical (unpaired) electrons. The van der Waals surface area contributed by atoms with Gasteiger partial charge >= 0.3 is 6.09 Å². The van der Waals surface area contributed by atoms with Crippen LogP contribution in [0.1, 0.15) is 12.8 Å². The first-order valence-electron chi connectivity index (χ1n) is 9.49. The third-order valence-corrected chi connectivity index (χ3v) is 6.17. The van der Waals surface area contributed by atoms with E-state index in [-0.39, 0.29) is 0 Å². The average molecular weight is 432 g/mol. The van der Waals surface area contributed by atoms with E-state index in [9.17, 15) is 4.79 Å². The molecule has 1 aromatic carbocycles. The molecule has 29 heavy (non-hydrogen) atoms. The lowest BCUT2D eigenvalue weighted by molar-refractivity contribution is 0.216. The standard InChI is InChI=1S/C20H22ClN5O2S/c1-22-9-13-4-6-26(7-5-13)16-3-2-14(21)8-15(16)25-20(27)28-17-11-29-18-10-23-12-24-19(17)18/h2-3,8,10-13,22H,4-7,9H2,1H3,(H,25,27). The summed E-state index contributed by atoms with van der Waals surface area (Å²) in [5.41, 5.74) is 2.22. The van der Waals surface area contributed by atoms with Gasteiger partial charge in [0.1, 0.15) is 11.8 Å². The van der Waals surface area contributed by atoms with Crippen LogP contribution < -0.4 is 20.3 Å². The van der Waals surface area contributed by atoms with E-state index in [1.165, 1.54) is 17.7 Å². The highest BCUT2D eigenvalue weighted by molar-refractivity contribution is 7.17. The van der Waals surface area contributed by atoms with Crippen molar-refractivity contribution >= 4 is 50.6 Å². The number of thiophene rings is 1. The molecule has 1 saturated heterocycles. The molecule has 152 valence electrons. The molecule has 1 fully saturated rings. The zero-order valence-corrected chi connectivity index (χ0v) is 17.6. The van der Waals surface area contributed by atoms with E-state index in [1.807, 2.05) is 19.2 Å². The normalized spacial score (nSPS) is 14.9. The molecule has 2 N–H and O–H groups in total. The van der Waals surface area contributed by atoms with Gasteiger partial charge in [-0.25, -0.2) is 14.8 Å². The molecule has 0 bridgehead atoms. The fraction of sp³-hybridized carbons (Fsp3) is 0.350. The number of carbonyl (C=O) groups excluding carboxylic acids is 1. The van der Waals surface area contributed by atoms with Gasteiger partial charge in [0.05, 0.1) is 16.1 Å². The smallest absolute Gasteiger partial charge is 0.407 e. The molecular formula is C20H22ClN5O2S. The van der Waals surface area contributed by atoms with E-state index in [1.54, 1.807) is 17.6 Å². The maximum Gasteiger partial charge on any atom is 0.417 e. The number of nitrogens with one attached hydrogen (secondary N) is 2. The number of carbonyl (C=O) groups is 1. The van der Waals surface area contributed by atoms with E-state index in [0.29, 0.717) is 27.9 Å². The number of anilines is 2. The first kappa shape index (κ1) is 19.9. The second kappa shape index (κ2) is 8.94. The molecule has 9 heteroatoms. The Bertz CT molecular complexity index is 1000. The summed E-state index contributed by atoms with van der Waals surface area (Å²) in [6, 6.07) is 5.55. The van der Waals surface area contributed by atoms with Crippen LogP contribution in [0.3, 0.4) is 0 Å². The van der Waals surface area contributed by atoms with Crippen molar-refractivity contribution in [3.05, 3.63) is 41.1 Å². The Morgan fingerprint density at radius 1 is 1.38 bits per heavy atom. The summed E-state index contributed by atoms with van der Waals surface area (Å²) in [5, 5.41) is 8.41. The van der Waals surface area contributed by atoms with Crippen LogP contribution in [0.25, 0.3) is 10.2 Å². The van der Waals surface area contributed by atoms with Gasteiger partial charge in [-0.05, 0) is 50.6 Å². The van der Waals surface area contributed by atoms with Crippen LogP contribution in [0, 0.1) is 5.92 Å². The molecule has 2 aromatic heterocycles. The molecule has 3 aromatic rings. The highest BCUT2D eigenvalue weighted by Crippen LogP contribution is 2.33. The summed E-state index contributed by atoms with van der Waals surface area (Å²) in [7, 11) is 1.99. The lowest BCUT2D eigenvalue weighted by atomic mass is 9.96. The predicted octanol–water partition coefficient (Wildman–Crippen LogP) is 4.39. The van der Waals surface area contributed by atoms with Crippen LogP contribution >= 0.6 is 22.9 Å². The van der Waals surface area contributed by atoms with Crippen LogP contribution in [0.4, 0.5) is 16.2 Å². The zero-order valence-electron chi connectivity index (χ0n) is 16.0. The monoisotopic (exact) mass is 431 g/mol. The van der Waals surface area contributed by atoms with Crippen molar-refractivity contribution in [2.45, 2.75) is 12.8 Å². The molecule has 1 aliphatic heterocycles. The molecule has 0 atom stereocenters. The fourth-order valence-corrected chi connectivity index (χ4v) is 4.57. The first-order chi connectivity index (χ1) is 14.1. The summed E-state index contributed by atoms with van der Waals surface area (Å²) in [5.74, 6) is 1.10. The highest BCUT2D eigenvalue weighted by atomic mass is 35.5. The molecule has 1 amide bonds. The number of piperidine rings is 1. The second-order valence-corrected chi connectivity index (χ2v) is 8.35. The van der Waals surface area contributed by atoms with E-state index in [0.717, 1.165) is 42.9 Å². The van der Waals surface area contributed by atoms with Crippen LogP contribution in [-0.2, 0) is 0 Å². The molecule has 3 heterocycles. The third-order valence-electron chi connectivity index (χ3n) is 5.05. The summed E-state index contributed by atoms with van der Waals surface area (Å²) in [4.78, 5) is 23.0. The lowest BCUT2D eigenvalue weighted by Gasteiger charge is -2.34. The molecule has 0 saturated carbocycles. The third kappa shape index (κ3) is 4.60. The number of ether oxygens (including phenoxy) is 1. The van der Waals surface area contributed by atoms with Crippen molar-refractivity contribution in [3.63, 3.8) is 0 Å². The number of fused-ring (bicyclic) bond motifs is 1. The van der Waals surface area contributed by atoms with E-state index < -0.39 is 6.09 Å². The van der Waals surface area contributed by atoms with E-state index in [4.69, 9.17) is 16.3 Å². The number of rotatable bonds is 5. The van der Waals surface area contributed by atoms with Gasteiger partial charge in [0.15, 0.2) is 5.75 Å². The molecular weight excluding hydrogens is 410 g/mol. The van der Waals surface area contributed by atoms with Crippen molar-refractivity contribution in [1.82, 2.24) is 15.3 Å². The van der Waals surface area contributed by atoms with Crippen LogP contribution in [0.5, 0.6) is 5.75 Å². The Morgan fingerprint density at radius 3 is 3.00 bits per heavy atom. The van der Waals surface area contributed by atoms with Crippen molar-refractivity contribution in [2.24, 2.45) is 5.92 Å². The van der Waals surface area contributed by atoms with Gasteiger partial charge in [-0.2, -0.15) is 0 Å². The maximum absolute atomic E-state index is 12.6. The fourth-order valence-electron chi connectivity index (χ4n) is 3.62. The first-order valence-corrected chi connectivity index (χ1v) is 10.7. The number of aromatic nitrogens is 2. The molecule has 7 nitrogen and oxygen atoms in total. The second-order valence-electron chi connectivity index (χ2n) is 7.00. The number of halogens is 1. The number of hydrogen-bond donors (Lipinski definition) is 2. The minimum atomic E-state index is -0.572. The summed E-state index contributed by atoms with van der Waals surface area (Å²) in [6.45, 7) is 2.90. The minimum Gasteiger partial charge on any atom is -0.407 e. The predicted molar refractivity (Wildman–Crippen MR) is 117 cm³/mol. The van der Waals surface area contributed by atoms with Crippen molar-refractivity contribution in [3.8, 4) is 5.75 Å². The van der Waals surface area contributed by atoms with Crippen LogP contribution in [-0.4, -0.2) is 42.7 Å². The van der Waals surface area contributed by atoms with Crippen molar-refractivity contribution in [1.29, 1.82) is 0 Å². The van der Waals surface area contributed by atoms with E-state index in [2.05, 4.69) is 25.5 Å².